The quantitative estimate of drug-likeness (QED) is 0.457. The zero-order valence-corrected chi connectivity index (χ0v) is 20.2. The third-order valence-electron chi connectivity index (χ3n) is 7.37. The molecule has 8 heteroatoms. The van der Waals surface area contributed by atoms with Gasteiger partial charge in [-0.25, -0.2) is 9.80 Å². The van der Waals surface area contributed by atoms with Crippen molar-refractivity contribution in [1.29, 1.82) is 0 Å². The minimum Gasteiger partial charge on any atom is -0.351 e. The summed E-state index contributed by atoms with van der Waals surface area (Å²) in [6, 6.07) is 26.7. The second-order valence-corrected chi connectivity index (χ2v) is 9.53. The molecule has 2 aliphatic rings. The first-order chi connectivity index (χ1) is 18.0. The normalized spacial score (nSPS) is 20.2. The first-order valence-electron chi connectivity index (χ1n) is 12.4. The van der Waals surface area contributed by atoms with Gasteiger partial charge in [-0.1, -0.05) is 84.9 Å². The molecule has 2 saturated heterocycles. The summed E-state index contributed by atoms with van der Waals surface area (Å²) in [5.74, 6) is -0.439. The molecule has 6 rings (SSSR count). The number of primary amides is 1. The summed E-state index contributed by atoms with van der Waals surface area (Å²) >= 11 is 0. The van der Waals surface area contributed by atoms with E-state index in [9.17, 15) is 14.4 Å². The molecule has 186 valence electrons. The lowest BCUT2D eigenvalue weighted by molar-refractivity contribution is -0.187. The van der Waals surface area contributed by atoms with Crippen LogP contribution in [0.25, 0.3) is 21.5 Å². The van der Waals surface area contributed by atoms with E-state index < -0.39 is 18.2 Å². The van der Waals surface area contributed by atoms with Crippen LogP contribution in [0.1, 0.15) is 11.1 Å². The number of fused-ring (bicyclic) bond motifs is 3. The molecule has 4 amide bonds. The average Bonchev–Trinajstić information content (AvgIpc) is 2.91. The third kappa shape index (κ3) is 4.05. The summed E-state index contributed by atoms with van der Waals surface area (Å²) in [7, 11) is 0. The number of urea groups is 1. The van der Waals surface area contributed by atoms with Crippen molar-refractivity contribution in [3.05, 3.63) is 96.1 Å². The van der Waals surface area contributed by atoms with E-state index in [-0.39, 0.29) is 24.9 Å². The Morgan fingerprint density at radius 3 is 2.11 bits per heavy atom. The predicted molar refractivity (Wildman–Crippen MR) is 141 cm³/mol. The third-order valence-corrected chi connectivity index (χ3v) is 7.37. The fourth-order valence-corrected chi connectivity index (χ4v) is 5.65. The van der Waals surface area contributed by atoms with Crippen molar-refractivity contribution in [3.8, 4) is 0 Å². The van der Waals surface area contributed by atoms with Crippen molar-refractivity contribution in [1.82, 2.24) is 20.2 Å². The highest BCUT2D eigenvalue weighted by Gasteiger charge is 2.49. The zero-order valence-electron chi connectivity index (χ0n) is 20.2. The molecule has 37 heavy (non-hydrogen) atoms. The Morgan fingerprint density at radius 1 is 0.838 bits per heavy atom. The molecule has 8 nitrogen and oxygen atoms in total. The number of nitrogens with one attached hydrogen (secondary N) is 1. The summed E-state index contributed by atoms with van der Waals surface area (Å²) in [6.45, 7) is 0.325. The highest BCUT2D eigenvalue weighted by atomic mass is 16.2. The standard InChI is InChI=1S/C29H27N5O3/c30-29(37)34-27-16-31-26(35)18-32(27)28(36)25(15-21-11-5-9-19-7-1-3-13-23(19)21)33(34)17-22-12-6-10-20-8-2-4-14-24(20)22/h1-14,25,27H,15-18H2,(H2,30,37)(H,31,35). The van der Waals surface area contributed by atoms with E-state index in [1.807, 2.05) is 84.9 Å². The van der Waals surface area contributed by atoms with Gasteiger partial charge < -0.3 is 16.0 Å². The maximum absolute atomic E-state index is 14.0. The number of carbonyl (C=O) groups is 3. The SMILES string of the molecule is NC(=O)N1C2CNC(=O)CN2C(=O)C(Cc2cccc3ccccc23)N1Cc1cccc2ccccc12. The van der Waals surface area contributed by atoms with Crippen LogP contribution in [0, 0.1) is 0 Å². The minimum absolute atomic E-state index is 0.110. The fourth-order valence-electron chi connectivity index (χ4n) is 5.65. The summed E-state index contributed by atoms with van der Waals surface area (Å²) < 4.78 is 0. The Labute approximate surface area is 214 Å². The second kappa shape index (κ2) is 9.22. The van der Waals surface area contributed by atoms with E-state index in [4.69, 9.17) is 5.73 Å². The van der Waals surface area contributed by atoms with Gasteiger partial charge in [0.15, 0.2) is 0 Å². The topological polar surface area (TPSA) is 99.0 Å². The van der Waals surface area contributed by atoms with Crippen LogP contribution in [0.15, 0.2) is 84.9 Å². The Balaban J connectivity index is 1.47. The molecule has 2 unspecified atom stereocenters. The van der Waals surface area contributed by atoms with E-state index in [1.165, 1.54) is 9.91 Å². The van der Waals surface area contributed by atoms with E-state index in [1.54, 1.807) is 5.01 Å². The van der Waals surface area contributed by atoms with E-state index in [0.717, 1.165) is 32.7 Å². The van der Waals surface area contributed by atoms with Crippen molar-refractivity contribution in [3.63, 3.8) is 0 Å². The number of hydrazine groups is 1. The van der Waals surface area contributed by atoms with Gasteiger partial charge in [0.05, 0.1) is 6.54 Å². The Morgan fingerprint density at radius 2 is 1.43 bits per heavy atom. The smallest absolute Gasteiger partial charge is 0.331 e. The maximum Gasteiger partial charge on any atom is 0.331 e. The number of benzene rings is 4. The van der Waals surface area contributed by atoms with Gasteiger partial charge >= 0.3 is 6.03 Å². The first-order valence-corrected chi connectivity index (χ1v) is 12.4. The van der Waals surface area contributed by atoms with Crippen LogP contribution in [-0.4, -0.2) is 58.1 Å². The molecule has 0 bridgehead atoms. The molecule has 0 aromatic heterocycles. The van der Waals surface area contributed by atoms with Gasteiger partial charge in [-0.05, 0) is 39.1 Å². The van der Waals surface area contributed by atoms with E-state index >= 15 is 0 Å². The van der Waals surface area contributed by atoms with Crippen molar-refractivity contribution < 1.29 is 14.4 Å². The van der Waals surface area contributed by atoms with Gasteiger partial charge in [-0.3, -0.25) is 9.59 Å². The summed E-state index contributed by atoms with van der Waals surface area (Å²) in [6.07, 6.45) is -0.319. The average molecular weight is 494 g/mol. The number of nitrogens with two attached hydrogens (primary N) is 1. The molecule has 4 aromatic carbocycles. The highest BCUT2D eigenvalue weighted by molar-refractivity contribution is 5.92. The van der Waals surface area contributed by atoms with Crippen LogP contribution in [0.3, 0.4) is 0 Å². The monoisotopic (exact) mass is 493 g/mol. The van der Waals surface area contributed by atoms with Gasteiger partial charge in [-0.2, -0.15) is 5.01 Å². The largest absolute Gasteiger partial charge is 0.351 e. The number of nitrogens with zero attached hydrogens (tertiary/aromatic N) is 3. The lowest BCUT2D eigenvalue weighted by atomic mass is 9.96. The molecule has 0 aliphatic carbocycles. The van der Waals surface area contributed by atoms with Gasteiger partial charge in [-0.15, -0.1) is 0 Å². The minimum atomic E-state index is -0.723. The van der Waals surface area contributed by atoms with Crippen LogP contribution in [-0.2, 0) is 22.6 Å². The Hall–Kier alpha value is -4.43. The summed E-state index contributed by atoms with van der Waals surface area (Å²) in [5, 5.41) is 10.3. The zero-order chi connectivity index (χ0) is 25.5. The molecule has 2 atom stereocenters. The van der Waals surface area contributed by atoms with Gasteiger partial charge in [0.2, 0.25) is 11.8 Å². The number of amides is 4. The van der Waals surface area contributed by atoms with Gasteiger partial charge in [0, 0.05) is 6.54 Å². The van der Waals surface area contributed by atoms with Gasteiger partial charge in [0.1, 0.15) is 18.8 Å². The van der Waals surface area contributed by atoms with Crippen LogP contribution < -0.4 is 11.1 Å². The Bertz CT molecular complexity index is 1530. The number of hydrogen-bond donors (Lipinski definition) is 2. The van der Waals surface area contributed by atoms with E-state index in [2.05, 4.69) is 5.32 Å². The fraction of sp³-hybridized carbons (Fsp3) is 0.207. The molecule has 0 spiro atoms. The predicted octanol–water partition coefficient (Wildman–Crippen LogP) is 3.00. The number of carbonyl (C=O) groups excluding carboxylic acids is 3. The van der Waals surface area contributed by atoms with Crippen molar-refractivity contribution >= 4 is 39.4 Å². The molecule has 2 fully saturated rings. The summed E-state index contributed by atoms with van der Waals surface area (Å²) in [5.41, 5.74) is 7.92. The number of hydrogen-bond acceptors (Lipinski definition) is 4. The van der Waals surface area contributed by atoms with Crippen LogP contribution >= 0.6 is 0 Å². The summed E-state index contributed by atoms with van der Waals surface area (Å²) in [4.78, 5) is 40.7. The molecule has 4 aromatic rings. The van der Waals surface area contributed by atoms with Crippen molar-refractivity contribution in [2.45, 2.75) is 25.2 Å². The number of rotatable bonds is 4. The Kier molecular flexibility index (Phi) is 5.73. The highest BCUT2D eigenvalue weighted by Crippen LogP contribution is 2.31. The van der Waals surface area contributed by atoms with E-state index in [0.29, 0.717) is 13.0 Å². The maximum atomic E-state index is 14.0. The van der Waals surface area contributed by atoms with Crippen LogP contribution in [0.2, 0.25) is 0 Å². The lowest BCUT2D eigenvalue weighted by Crippen LogP contribution is -2.76. The molecular weight excluding hydrogens is 466 g/mol. The molecule has 0 saturated carbocycles. The van der Waals surface area contributed by atoms with Gasteiger partial charge in [0.25, 0.3) is 0 Å². The van der Waals surface area contributed by atoms with Crippen LogP contribution in [0.4, 0.5) is 4.79 Å². The first kappa shape index (κ1) is 23.0. The second-order valence-electron chi connectivity index (χ2n) is 9.53. The van der Waals surface area contributed by atoms with Crippen molar-refractivity contribution in [2.75, 3.05) is 13.1 Å². The lowest BCUT2D eigenvalue weighted by Gasteiger charge is -2.53. The van der Waals surface area contributed by atoms with Crippen LogP contribution in [0.5, 0.6) is 0 Å². The molecular formula is C29H27N5O3. The number of piperazine rings is 1. The molecule has 3 N–H and O–H groups in total. The molecule has 2 heterocycles. The molecule has 0 radical (unpaired) electrons. The molecule has 2 aliphatic heterocycles. The van der Waals surface area contributed by atoms with Crippen molar-refractivity contribution in [2.24, 2.45) is 5.73 Å².